The van der Waals surface area contributed by atoms with E-state index in [-0.39, 0.29) is 17.8 Å². The van der Waals surface area contributed by atoms with E-state index in [9.17, 15) is 4.79 Å². The fourth-order valence-corrected chi connectivity index (χ4v) is 5.36. The Bertz CT molecular complexity index is 1000. The largest absolute Gasteiger partial charge is 0.494 e. The van der Waals surface area contributed by atoms with Crippen molar-refractivity contribution in [3.8, 4) is 11.5 Å². The summed E-state index contributed by atoms with van der Waals surface area (Å²) in [6.07, 6.45) is 10.2. The van der Waals surface area contributed by atoms with Gasteiger partial charge in [0.25, 0.3) is 0 Å². The first-order valence-electron chi connectivity index (χ1n) is 12.2. The van der Waals surface area contributed by atoms with Crippen molar-refractivity contribution in [3.63, 3.8) is 0 Å². The van der Waals surface area contributed by atoms with Crippen LogP contribution in [0.3, 0.4) is 0 Å². The molecule has 1 heterocycles. The molecule has 4 atom stereocenters. The number of oxazole rings is 1. The molecule has 2 aliphatic carbocycles. The van der Waals surface area contributed by atoms with Crippen LogP contribution in [0.15, 0.2) is 58.7 Å². The van der Waals surface area contributed by atoms with Gasteiger partial charge in [-0.3, -0.25) is 4.79 Å². The summed E-state index contributed by atoms with van der Waals surface area (Å²) in [5, 5.41) is 0. The smallest absolute Gasteiger partial charge is 0.308 e. The van der Waals surface area contributed by atoms with Gasteiger partial charge in [0.05, 0.1) is 25.3 Å². The summed E-state index contributed by atoms with van der Waals surface area (Å²) in [6, 6.07) is 10.0. The first-order valence-corrected chi connectivity index (χ1v) is 12.2. The number of carbonyl (C=O) groups is 1. The number of hydrogen-bond acceptors (Lipinski definition) is 5. The lowest BCUT2D eigenvalue weighted by Gasteiger charge is -2.28. The van der Waals surface area contributed by atoms with Gasteiger partial charge in [-0.05, 0) is 61.3 Å². The van der Waals surface area contributed by atoms with E-state index in [4.69, 9.17) is 18.9 Å². The van der Waals surface area contributed by atoms with Crippen LogP contribution in [0.25, 0.3) is 11.5 Å². The minimum absolute atomic E-state index is 0.0223. The lowest BCUT2D eigenvalue weighted by molar-refractivity contribution is -0.148. The lowest BCUT2D eigenvalue weighted by atomic mass is 9.78. The molecule has 0 bridgehead atoms. The number of fused-ring (bicyclic) bond motifs is 1. The standard InChI is InChI=1S/C28H35NO4/c1-5-22(28(30)31-4)24-13-11-20-17-21(12-14-23(20)24)32-16-15-25-26(18(2)3)33-27(29-25)19-9-7-6-8-10-19/h6-10,12,14,17-18,20,22-24H,5,11,13,15-16H2,1-4H3. The predicted molar refractivity (Wildman–Crippen MR) is 128 cm³/mol. The van der Waals surface area contributed by atoms with Gasteiger partial charge in [-0.25, -0.2) is 4.98 Å². The lowest BCUT2D eigenvalue weighted by Crippen LogP contribution is -2.28. The van der Waals surface area contributed by atoms with Crippen LogP contribution in [0.2, 0.25) is 0 Å². The van der Waals surface area contributed by atoms with E-state index in [0.29, 0.717) is 36.7 Å². The Balaban J connectivity index is 1.38. The number of esters is 1. The van der Waals surface area contributed by atoms with E-state index in [1.807, 2.05) is 30.3 Å². The molecule has 33 heavy (non-hydrogen) atoms. The van der Waals surface area contributed by atoms with Gasteiger partial charge in [0, 0.05) is 17.9 Å². The fraction of sp³-hybridized carbons (Fsp3) is 0.500. The van der Waals surface area contributed by atoms with Crippen LogP contribution in [0.4, 0.5) is 0 Å². The molecular formula is C28H35NO4. The van der Waals surface area contributed by atoms with Gasteiger partial charge < -0.3 is 13.9 Å². The summed E-state index contributed by atoms with van der Waals surface area (Å²) in [5.41, 5.74) is 1.95. The number of carbonyl (C=O) groups excluding carboxylic acids is 1. The molecule has 1 saturated carbocycles. The highest BCUT2D eigenvalue weighted by Gasteiger charge is 2.41. The molecule has 1 fully saturated rings. The van der Waals surface area contributed by atoms with Gasteiger partial charge in [0.2, 0.25) is 5.89 Å². The van der Waals surface area contributed by atoms with Crippen LogP contribution < -0.4 is 0 Å². The zero-order valence-corrected chi connectivity index (χ0v) is 20.1. The van der Waals surface area contributed by atoms with Gasteiger partial charge >= 0.3 is 5.97 Å². The molecule has 2 aromatic rings. The molecule has 0 amide bonds. The number of benzene rings is 1. The molecule has 1 aromatic heterocycles. The third-order valence-corrected chi connectivity index (χ3v) is 7.02. The topological polar surface area (TPSA) is 61.6 Å². The molecule has 0 saturated heterocycles. The van der Waals surface area contributed by atoms with Crippen molar-refractivity contribution in [3.05, 3.63) is 65.8 Å². The molecule has 4 unspecified atom stereocenters. The van der Waals surface area contributed by atoms with E-state index >= 15 is 0 Å². The van der Waals surface area contributed by atoms with Crippen molar-refractivity contribution in [2.45, 2.75) is 52.4 Å². The number of hydrogen-bond donors (Lipinski definition) is 0. The van der Waals surface area contributed by atoms with Crippen molar-refractivity contribution in [1.82, 2.24) is 4.98 Å². The second kappa shape index (κ2) is 10.4. The highest BCUT2D eigenvalue weighted by molar-refractivity contribution is 5.72. The molecule has 0 N–H and O–H groups in total. The van der Waals surface area contributed by atoms with E-state index in [0.717, 1.165) is 42.0 Å². The molecule has 1 aromatic carbocycles. The van der Waals surface area contributed by atoms with Crippen LogP contribution >= 0.6 is 0 Å². The minimum Gasteiger partial charge on any atom is -0.494 e. The average Bonchev–Trinajstić information content (AvgIpc) is 3.45. The van der Waals surface area contributed by atoms with Gasteiger partial charge in [-0.1, -0.05) is 45.0 Å². The maximum Gasteiger partial charge on any atom is 0.308 e. The molecule has 0 radical (unpaired) electrons. The number of nitrogens with zero attached hydrogens (tertiary/aromatic N) is 1. The van der Waals surface area contributed by atoms with E-state index in [1.54, 1.807) is 0 Å². The molecule has 2 aliphatic rings. The van der Waals surface area contributed by atoms with Crippen LogP contribution in [0.5, 0.6) is 0 Å². The first-order chi connectivity index (χ1) is 16.0. The Morgan fingerprint density at radius 3 is 2.70 bits per heavy atom. The molecule has 0 aliphatic heterocycles. The summed E-state index contributed by atoms with van der Waals surface area (Å²) in [6.45, 7) is 6.88. The normalized spacial score (nSPS) is 22.7. The van der Waals surface area contributed by atoms with E-state index < -0.39 is 0 Å². The fourth-order valence-electron chi connectivity index (χ4n) is 5.36. The summed E-state index contributed by atoms with van der Waals surface area (Å²) >= 11 is 0. The zero-order valence-electron chi connectivity index (χ0n) is 20.1. The van der Waals surface area contributed by atoms with Gasteiger partial charge in [-0.15, -0.1) is 0 Å². The Labute approximate surface area is 196 Å². The Hall–Kier alpha value is -2.82. The SMILES string of the molecule is CCC(C(=O)OC)C1CCC2C=C(OCCc3nc(-c4ccccc4)oc3C(C)C)C=CC21. The second-order valence-corrected chi connectivity index (χ2v) is 9.40. The third-order valence-electron chi connectivity index (χ3n) is 7.02. The summed E-state index contributed by atoms with van der Waals surface area (Å²) < 4.78 is 17.3. The predicted octanol–water partition coefficient (Wildman–Crippen LogP) is 6.32. The molecule has 4 rings (SSSR count). The van der Waals surface area contributed by atoms with Crippen molar-refractivity contribution in [2.24, 2.45) is 23.7 Å². The third kappa shape index (κ3) is 5.07. The Kier molecular flexibility index (Phi) is 7.36. The Morgan fingerprint density at radius 2 is 2.00 bits per heavy atom. The van der Waals surface area contributed by atoms with Crippen LogP contribution in [0.1, 0.15) is 57.4 Å². The molecular weight excluding hydrogens is 414 g/mol. The van der Waals surface area contributed by atoms with E-state index in [1.165, 1.54) is 7.11 Å². The highest BCUT2D eigenvalue weighted by Crippen LogP contribution is 2.46. The maximum absolute atomic E-state index is 12.2. The van der Waals surface area contributed by atoms with Crippen LogP contribution in [-0.2, 0) is 20.7 Å². The molecule has 5 nitrogen and oxygen atoms in total. The van der Waals surface area contributed by atoms with Gasteiger partial charge in [0.15, 0.2) is 0 Å². The number of aromatic nitrogens is 1. The highest BCUT2D eigenvalue weighted by atomic mass is 16.5. The summed E-state index contributed by atoms with van der Waals surface area (Å²) in [5.74, 6) is 3.84. The minimum atomic E-state index is -0.0778. The van der Waals surface area contributed by atoms with Crippen molar-refractivity contribution < 1.29 is 18.7 Å². The zero-order chi connectivity index (χ0) is 23.4. The molecule has 5 heteroatoms. The Morgan fingerprint density at radius 1 is 1.21 bits per heavy atom. The monoisotopic (exact) mass is 449 g/mol. The van der Waals surface area contributed by atoms with Crippen molar-refractivity contribution in [2.75, 3.05) is 13.7 Å². The van der Waals surface area contributed by atoms with Crippen molar-refractivity contribution in [1.29, 1.82) is 0 Å². The van der Waals surface area contributed by atoms with E-state index in [2.05, 4.69) is 39.0 Å². The molecule has 176 valence electrons. The summed E-state index contributed by atoms with van der Waals surface area (Å²) in [7, 11) is 1.49. The number of rotatable bonds is 9. The number of methoxy groups -OCH3 is 1. The molecule has 0 spiro atoms. The maximum atomic E-state index is 12.2. The van der Waals surface area contributed by atoms with Gasteiger partial charge in [-0.2, -0.15) is 0 Å². The summed E-state index contributed by atoms with van der Waals surface area (Å²) in [4.78, 5) is 17.0. The van der Waals surface area contributed by atoms with Crippen LogP contribution in [-0.4, -0.2) is 24.7 Å². The first kappa shape index (κ1) is 23.3. The van der Waals surface area contributed by atoms with Gasteiger partial charge in [0.1, 0.15) is 11.5 Å². The van der Waals surface area contributed by atoms with Crippen molar-refractivity contribution >= 4 is 5.97 Å². The number of allylic oxidation sites excluding steroid dienone is 3. The number of ether oxygens (including phenoxy) is 2. The quantitative estimate of drug-likeness (QED) is 0.419. The van der Waals surface area contributed by atoms with Crippen LogP contribution in [0, 0.1) is 23.7 Å². The average molecular weight is 450 g/mol. The second-order valence-electron chi connectivity index (χ2n) is 9.40.